The maximum Gasteiger partial charge on any atom is 0.248 e. The van der Waals surface area contributed by atoms with Gasteiger partial charge in [-0.2, -0.15) is 0 Å². The fraction of sp³-hybridized carbons (Fsp3) is 0.609. The van der Waals surface area contributed by atoms with Gasteiger partial charge in [-0.05, 0) is 50.7 Å². The van der Waals surface area contributed by atoms with Gasteiger partial charge in [0.2, 0.25) is 17.7 Å². The summed E-state index contributed by atoms with van der Waals surface area (Å²) in [6.07, 6.45) is 3.68. The highest BCUT2D eigenvalue weighted by molar-refractivity contribution is 8.02. The Labute approximate surface area is 197 Å². The van der Waals surface area contributed by atoms with Crippen LogP contribution in [0.2, 0.25) is 5.02 Å². The first-order valence-electron chi connectivity index (χ1n) is 11.2. The Balaban J connectivity index is 1.67. The van der Waals surface area contributed by atoms with Crippen molar-refractivity contribution in [3.8, 4) is 0 Å². The zero-order valence-electron chi connectivity index (χ0n) is 18.4. The molecule has 3 N–H and O–H groups in total. The predicted octanol–water partition coefficient (Wildman–Crippen LogP) is 2.59. The Hall–Kier alpha value is -1.77. The molecular formula is C23H30ClN3O4S. The van der Waals surface area contributed by atoms with Gasteiger partial charge in [-0.3, -0.25) is 14.4 Å². The number of aryl methyl sites for hydroxylation is 1. The third-order valence-electron chi connectivity index (χ3n) is 7.12. The molecule has 1 aromatic rings. The van der Waals surface area contributed by atoms with Crippen LogP contribution in [0.5, 0.6) is 0 Å². The molecule has 1 spiro atoms. The van der Waals surface area contributed by atoms with Crippen molar-refractivity contribution in [1.82, 2.24) is 10.2 Å². The van der Waals surface area contributed by atoms with Gasteiger partial charge in [0.1, 0.15) is 6.04 Å². The van der Waals surface area contributed by atoms with Crippen LogP contribution < -0.4 is 10.6 Å². The summed E-state index contributed by atoms with van der Waals surface area (Å²) in [6.45, 7) is 2.42. The zero-order valence-corrected chi connectivity index (χ0v) is 20.0. The number of rotatable bonds is 8. The van der Waals surface area contributed by atoms with E-state index in [0.29, 0.717) is 30.1 Å². The summed E-state index contributed by atoms with van der Waals surface area (Å²) >= 11 is 8.01. The number of benzene rings is 1. The van der Waals surface area contributed by atoms with E-state index in [1.54, 1.807) is 29.8 Å². The fourth-order valence-corrected chi connectivity index (χ4v) is 8.20. The van der Waals surface area contributed by atoms with Crippen LogP contribution in [0.4, 0.5) is 5.69 Å². The topological polar surface area (TPSA) is 98.7 Å². The van der Waals surface area contributed by atoms with E-state index in [4.69, 9.17) is 16.7 Å². The number of aliphatic hydroxyl groups is 1. The second kappa shape index (κ2) is 9.23. The van der Waals surface area contributed by atoms with Gasteiger partial charge in [-0.1, -0.05) is 23.7 Å². The van der Waals surface area contributed by atoms with Gasteiger partial charge in [-0.15, -0.1) is 11.8 Å². The molecule has 0 radical (unpaired) electrons. The van der Waals surface area contributed by atoms with E-state index >= 15 is 0 Å². The van der Waals surface area contributed by atoms with E-state index < -0.39 is 22.6 Å². The Morgan fingerprint density at radius 3 is 2.75 bits per heavy atom. The smallest absolute Gasteiger partial charge is 0.248 e. The fourth-order valence-electron chi connectivity index (χ4n) is 5.71. The first-order valence-corrected chi connectivity index (χ1v) is 12.5. The van der Waals surface area contributed by atoms with Crippen molar-refractivity contribution in [1.29, 1.82) is 0 Å². The summed E-state index contributed by atoms with van der Waals surface area (Å²) in [5.41, 5.74) is 1.41. The van der Waals surface area contributed by atoms with Crippen LogP contribution in [-0.4, -0.2) is 64.0 Å². The van der Waals surface area contributed by atoms with E-state index in [1.807, 2.05) is 19.1 Å². The van der Waals surface area contributed by atoms with Gasteiger partial charge in [0.05, 0.1) is 27.3 Å². The number of fused-ring (bicyclic) bond motifs is 1. The first-order chi connectivity index (χ1) is 15.4. The SMILES string of the molecule is CNC(=O)[C@@H]1[C@H]2C(=O)N(CCCCCO)C(C(=O)Nc3c(C)cccc3Cl)C23CC[C@H]1S3. The molecule has 1 aromatic carbocycles. The number of thioether (sulfide) groups is 1. The second-order valence-electron chi connectivity index (χ2n) is 8.91. The number of nitrogens with zero attached hydrogens (tertiary/aromatic N) is 1. The van der Waals surface area contributed by atoms with Crippen LogP contribution in [0, 0.1) is 18.8 Å². The van der Waals surface area contributed by atoms with Crippen molar-refractivity contribution in [2.45, 2.75) is 55.1 Å². The van der Waals surface area contributed by atoms with E-state index in [-0.39, 0.29) is 29.6 Å². The molecule has 9 heteroatoms. The number of carbonyl (C=O) groups is 3. The molecule has 3 heterocycles. The number of likely N-dealkylation sites (tertiary alicyclic amines) is 1. The van der Waals surface area contributed by atoms with Gasteiger partial charge in [0.15, 0.2) is 0 Å². The molecule has 174 valence electrons. The average molecular weight is 480 g/mol. The highest BCUT2D eigenvalue weighted by atomic mass is 35.5. The van der Waals surface area contributed by atoms with Gasteiger partial charge in [0.25, 0.3) is 0 Å². The Morgan fingerprint density at radius 2 is 2.06 bits per heavy atom. The molecule has 0 aliphatic carbocycles. The lowest BCUT2D eigenvalue weighted by atomic mass is 9.70. The first kappa shape index (κ1) is 23.4. The number of carbonyl (C=O) groups excluding carboxylic acids is 3. The van der Waals surface area contributed by atoms with Crippen molar-refractivity contribution in [2.24, 2.45) is 11.8 Å². The van der Waals surface area contributed by atoms with Crippen LogP contribution in [0.1, 0.15) is 37.7 Å². The zero-order chi connectivity index (χ0) is 23.0. The third-order valence-corrected chi connectivity index (χ3v) is 9.39. The number of unbranched alkanes of at least 4 members (excludes halogenated alkanes) is 2. The summed E-state index contributed by atoms with van der Waals surface area (Å²) in [5, 5.41) is 15.3. The normalized spacial score (nSPS) is 30.5. The van der Waals surface area contributed by atoms with Crippen LogP contribution in [0.3, 0.4) is 0 Å². The minimum atomic E-state index is -0.658. The highest BCUT2D eigenvalue weighted by Gasteiger charge is 2.73. The van der Waals surface area contributed by atoms with E-state index in [1.165, 1.54) is 0 Å². The lowest BCUT2D eigenvalue weighted by Crippen LogP contribution is -2.51. The molecule has 0 saturated carbocycles. The maximum atomic E-state index is 13.7. The van der Waals surface area contributed by atoms with Crippen LogP contribution in [-0.2, 0) is 14.4 Å². The number of nitrogens with one attached hydrogen (secondary N) is 2. The number of hydrogen-bond acceptors (Lipinski definition) is 5. The summed E-state index contributed by atoms with van der Waals surface area (Å²) in [5.74, 6) is -1.37. The van der Waals surface area contributed by atoms with Crippen molar-refractivity contribution < 1.29 is 19.5 Å². The number of anilines is 1. The molecule has 0 aromatic heterocycles. The van der Waals surface area contributed by atoms with Crippen LogP contribution in [0.25, 0.3) is 0 Å². The number of halogens is 1. The van der Waals surface area contributed by atoms with E-state index in [9.17, 15) is 14.4 Å². The largest absolute Gasteiger partial charge is 0.396 e. The van der Waals surface area contributed by atoms with Crippen LogP contribution in [0.15, 0.2) is 18.2 Å². The molecule has 4 rings (SSSR count). The molecule has 5 atom stereocenters. The minimum absolute atomic E-state index is 0.0535. The Bertz CT molecular complexity index is 908. The van der Waals surface area contributed by atoms with Crippen molar-refractivity contribution in [3.63, 3.8) is 0 Å². The molecule has 3 aliphatic rings. The highest BCUT2D eigenvalue weighted by Crippen LogP contribution is 2.66. The molecule has 3 amide bonds. The molecule has 7 nitrogen and oxygen atoms in total. The summed E-state index contributed by atoms with van der Waals surface area (Å²) in [4.78, 5) is 41.8. The Kier molecular flexibility index (Phi) is 6.75. The number of hydrogen-bond donors (Lipinski definition) is 3. The van der Waals surface area contributed by atoms with E-state index in [0.717, 1.165) is 24.8 Å². The van der Waals surface area contributed by atoms with Crippen molar-refractivity contribution >= 4 is 46.8 Å². The number of amides is 3. The van der Waals surface area contributed by atoms with Gasteiger partial charge < -0.3 is 20.6 Å². The minimum Gasteiger partial charge on any atom is -0.396 e. The lowest BCUT2D eigenvalue weighted by molar-refractivity contribution is -0.139. The number of aliphatic hydroxyl groups excluding tert-OH is 1. The van der Waals surface area contributed by atoms with E-state index in [2.05, 4.69) is 10.6 Å². The van der Waals surface area contributed by atoms with Gasteiger partial charge >= 0.3 is 0 Å². The standard InChI is InChI=1S/C23H30ClN3O4S/c1-13-7-6-8-14(24)18(13)26-21(30)19-23-10-9-15(32-23)16(20(29)25-2)17(23)22(31)27(19)11-4-3-5-12-28/h6-8,15-17,19,28H,3-5,9-12H2,1-2H3,(H,25,29)(H,26,30)/t15-,16+,17+,19?,23?/m1/s1. The summed E-state index contributed by atoms with van der Waals surface area (Å²) in [6, 6.07) is 4.79. The molecule has 2 unspecified atom stereocenters. The molecule has 3 aliphatic heterocycles. The lowest BCUT2D eigenvalue weighted by Gasteiger charge is -2.34. The van der Waals surface area contributed by atoms with Gasteiger partial charge in [0, 0.05) is 25.4 Å². The quantitative estimate of drug-likeness (QED) is 0.498. The molecule has 3 saturated heterocycles. The number of para-hydroxylation sites is 1. The van der Waals surface area contributed by atoms with Crippen molar-refractivity contribution in [2.75, 3.05) is 25.5 Å². The molecular weight excluding hydrogens is 450 g/mol. The summed E-state index contributed by atoms with van der Waals surface area (Å²) in [7, 11) is 1.60. The maximum absolute atomic E-state index is 13.7. The van der Waals surface area contributed by atoms with Gasteiger partial charge in [-0.25, -0.2) is 0 Å². The summed E-state index contributed by atoms with van der Waals surface area (Å²) < 4.78 is -0.602. The second-order valence-corrected chi connectivity index (χ2v) is 10.9. The third kappa shape index (κ3) is 3.70. The Morgan fingerprint density at radius 1 is 1.28 bits per heavy atom. The average Bonchev–Trinajstić information content (AvgIpc) is 3.41. The molecule has 32 heavy (non-hydrogen) atoms. The molecule has 3 fully saturated rings. The molecule has 2 bridgehead atoms. The predicted molar refractivity (Wildman–Crippen MR) is 126 cm³/mol. The van der Waals surface area contributed by atoms with Crippen LogP contribution >= 0.6 is 23.4 Å². The van der Waals surface area contributed by atoms with Crippen molar-refractivity contribution in [3.05, 3.63) is 28.8 Å². The monoisotopic (exact) mass is 479 g/mol.